The summed E-state index contributed by atoms with van der Waals surface area (Å²) < 4.78 is 16.1. The first kappa shape index (κ1) is 22.1. The van der Waals surface area contributed by atoms with E-state index in [0.29, 0.717) is 17.9 Å². The predicted octanol–water partition coefficient (Wildman–Crippen LogP) is 3.65. The molecule has 0 spiro atoms. The second-order valence-corrected chi connectivity index (χ2v) is 7.09. The molecule has 1 aliphatic rings. The molecule has 0 bridgehead atoms. The normalized spacial score (nSPS) is 15.4. The molecular weight excluding hydrogens is 400 g/mol. The number of carboxylic acids is 1. The van der Waals surface area contributed by atoms with Gasteiger partial charge >= 0.3 is 5.97 Å². The summed E-state index contributed by atoms with van der Waals surface area (Å²) in [5.74, 6) is 0.838. The molecule has 31 heavy (non-hydrogen) atoms. The van der Waals surface area contributed by atoms with Crippen LogP contribution in [0.5, 0.6) is 17.2 Å². The van der Waals surface area contributed by atoms with Crippen molar-refractivity contribution in [2.24, 2.45) is 5.10 Å². The lowest BCUT2D eigenvalue weighted by Gasteiger charge is -2.24. The molecule has 0 fully saturated rings. The number of carboxylic acid groups (broad SMARTS) is 1. The molecule has 8 nitrogen and oxygen atoms in total. The molecule has 2 aromatic carbocycles. The standard InChI is InChI=1S/C23H26N2O6/c1-29-16-9-7-15(8-10-16)19-14-20(18-13-17(30-2)11-12-21(18)31-3)25(24-19)22(26)5-4-6-23(27)28/h7-13,20H,4-6,14H2,1-3H3,(H,27,28)/t20-/m1/s1. The van der Waals surface area contributed by atoms with Gasteiger partial charge in [0.25, 0.3) is 0 Å². The van der Waals surface area contributed by atoms with Gasteiger partial charge in [0, 0.05) is 24.8 Å². The number of benzene rings is 2. The first-order chi connectivity index (χ1) is 15.0. The van der Waals surface area contributed by atoms with Gasteiger partial charge in [0.2, 0.25) is 5.91 Å². The minimum atomic E-state index is -0.928. The van der Waals surface area contributed by atoms with E-state index in [4.69, 9.17) is 19.3 Å². The Morgan fingerprint density at radius 1 is 1.00 bits per heavy atom. The number of carbonyl (C=O) groups excluding carboxylic acids is 1. The quantitative estimate of drug-likeness (QED) is 0.657. The Balaban J connectivity index is 1.94. The number of hydrogen-bond donors (Lipinski definition) is 1. The molecule has 0 radical (unpaired) electrons. The average molecular weight is 426 g/mol. The second-order valence-electron chi connectivity index (χ2n) is 7.09. The molecule has 0 saturated heterocycles. The number of ether oxygens (including phenoxy) is 3. The maximum Gasteiger partial charge on any atom is 0.303 e. The van der Waals surface area contributed by atoms with Gasteiger partial charge in [-0.25, -0.2) is 5.01 Å². The summed E-state index contributed by atoms with van der Waals surface area (Å²) in [5.41, 5.74) is 2.42. The summed E-state index contributed by atoms with van der Waals surface area (Å²) in [7, 11) is 4.75. The molecule has 0 aromatic heterocycles. The minimum Gasteiger partial charge on any atom is -0.497 e. The van der Waals surface area contributed by atoms with Crippen LogP contribution in [0.3, 0.4) is 0 Å². The van der Waals surface area contributed by atoms with E-state index < -0.39 is 5.97 Å². The highest BCUT2D eigenvalue weighted by Crippen LogP contribution is 2.39. The van der Waals surface area contributed by atoms with Crippen molar-refractivity contribution in [1.82, 2.24) is 5.01 Å². The van der Waals surface area contributed by atoms with Crippen molar-refractivity contribution in [2.75, 3.05) is 21.3 Å². The zero-order chi connectivity index (χ0) is 22.4. The minimum absolute atomic E-state index is 0.0677. The van der Waals surface area contributed by atoms with E-state index in [1.807, 2.05) is 30.3 Å². The van der Waals surface area contributed by atoms with Gasteiger partial charge in [0.05, 0.1) is 33.1 Å². The van der Waals surface area contributed by atoms with Crippen molar-refractivity contribution in [2.45, 2.75) is 31.7 Å². The largest absolute Gasteiger partial charge is 0.497 e. The van der Waals surface area contributed by atoms with Crippen molar-refractivity contribution in [3.8, 4) is 17.2 Å². The predicted molar refractivity (Wildman–Crippen MR) is 115 cm³/mol. The molecule has 0 unspecified atom stereocenters. The fraction of sp³-hybridized carbons (Fsp3) is 0.348. The Kier molecular flexibility index (Phi) is 7.12. The number of nitrogens with zero attached hydrogens (tertiary/aromatic N) is 2. The molecule has 2 aromatic rings. The maximum atomic E-state index is 13.0. The third kappa shape index (κ3) is 5.14. The summed E-state index contributed by atoms with van der Waals surface area (Å²) in [6.45, 7) is 0. The van der Waals surface area contributed by atoms with E-state index >= 15 is 0 Å². The molecule has 3 rings (SSSR count). The van der Waals surface area contributed by atoms with E-state index in [2.05, 4.69) is 5.10 Å². The Morgan fingerprint density at radius 2 is 1.68 bits per heavy atom. The van der Waals surface area contributed by atoms with Gasteiger partial charge in [-0.1, -0.05) is 0 Å². The average Bonchev–Trinajstić information content (AvgIpc) is 3.23. The second kappa shape index (κ2) is 9.97. The maximum absolute atomic E-state index is 13.0. The summed E-state index contributed by atoms with van der Waals surface area (Å²) in [6, 6.07) is 12.5. The van der Waals surface area contributed by atoms with E-state index in [-0.39, 0.29) is 31.2 Å². The van der Waals surface area contributed by atoms with Gasteiger partial charge in [-0.15, -0.1) is 0 Å². The van der Waals surface area contributed by atoms with Gasteiger partial charge in [0.1, 0.15) is 17.2 Å². The Morgan fingerprint density at radius 3 is 2.29 bits per heavy atom. The third-order valence-corrected chi connectivity index (χ3v) is 5.17. The third-order valence-electron chi connectivity index (χ3n) is 5.17. The van der Waals surface area contributed by atoms with Crippen LogP contribution in [0.25, 0.3) is 0 Å². The molecule has 1 aliphatic heterocycles. The van der Waals surface area contributed by atoms with Gasteiger partial charge in [0.15, 0.2) is 0 Å². The number of carbonyl (C=O) groups is 2. The summed E-state index contributed by atoms with van der Waals surface area (Å²) >= 11 is 0. The van der Waals surface area contributed by atoms with E-state index in [1.165, 1.54) is 5.01 Å². The van der Waals surface area contributed by atoms with Crippen molar-refractivity contribution < 1.29 is 28.9 Å². The lowest BCUT2D eigenvalue weighted by atomic mass is 9.97. The van der Waals surface area contributed by atoms with Crippen LogP contribution in [-0.2, 0) is 9.59 Å². The van der Waals surface area contributed by atoms with Crippen molar-refractivity contribution in [3.05, 3.63) is 53.6 Å². The van der Waals surface area contributed by atoms with Crippen molar-refractivity contribution in [1.29, 1.82) is 0 Å². The highest BCUT2D eigenvalue weighted by Gasteiger charge is 2.35. The van der Waals surface area contributed by atoms with Crippen LogP contribution >= 0.6 is 0 Å². The molecule has 0 saturated carbocycles. The monoisotopic (exact) mass is 426 g/mol. The van der Waals surface area contributed by atoms with Crippen LogP contribution in [0.4, 0.5) is 0 Å². The first-order valence-corrected chi connectivity index (χ1v) is 9.94. The Bertz CT molecular complexity index is 971. The lowest BCUT2D eigenvalue weighted by molar-refractivity contribution is -0.137. The number of hydrogen-bond acceptors (Lipinski definition) is 6. The van der Waals surface area contributed by atoms with Gasteiger partial charge in [-0.3, -0.25) is 9.59 Å². The molecule has 1 atom stereocenters. The Labute approximate surface area is 181 Å². The van der Waals surface area contributed by atoms with Gasteiger partial charge in [-0.2, -0.15) is 5.10 Å². The zero-order valence-electron chi connectivity index (χ0n) is 17.8. The van der Waals surface area contributed by atoms with E-state index in [0.717, 1.165) is 22.6 Å². The highest BCUT2D eigenvalue weighted by molar-refractivity contribution is 6.03. The smallest absolute Gasteiger partial charge is 0.303 e. The van der Waals surface area contributed by atoms with Crippen LogP contribution in [0, 0.1) is 0 Å². The summed E-state index contributed by atoms with van der Waals surface area (Å²) in [5, 5.41) is 14.9. The molecule has 0 aliphatic carbocycles. The number of methoxy groups -OCH3 is 3. The van der Waals surface area contributed by atoms with Crippen LogP contribution in [0.15, 0.2) is 47.6 Å². The van der Waals surface area contributed by atoms with Crippen molar-refractivity contribution in [3.63, 3.8) is 0 Å². The Hall–Kier alpha value is -3.55. The molecule has 1 amide bonds. The van der Waals surface area contributed by atoms with Crippen molar-refractivity contribution >= 4 is 17.6 Å². The highest BCUT2D eigenvalue weighted by atomic mass is 16.5. The number of hydrazone groups is 1. The van der Waals surface area contributed by atoms with Gasteiger partial charge < -0.3 is 19.3 Å². The fourth-order valence-electron chi connectivity index (χ4n) is 3.55. The summed E-state index contributed by atoms with van der Waals surface area (Å²) in [4.78, 5) is 23.8. The molecular formula is C23H26N2O6. The molecule has 164 valence electrons. The topological polar surface area (TPSA) is 97.7 Å². The first-order valence-electron chi connectivity index (χ1n) is 9.94. The SMILES string of the molecule is COc1ccc(C2=NN(C(=O)CCCC(=O)O)[C@@H](c3cc(OC)ccc3OC)C2)cc1. The van der Waals surface area contributed by atoms with Crippen LogP contribution < -0.4 is 14.2 Å². The molecule has 8 heteroatoms. The summed E-state index contributed by atoms with van der Waals surface area (Å²) in [6.07, 6.45) is 0.761. The van der Waals surface area contributed by atoms with E-state index in [9.17, 15) is 9.59 Å². The van der Waals surface area contributed by atoms with Crippen LogP contribution in [0.1, 0.15) is 42.9 Å². The number of amides is 1. The lowest BCUT2D eigenvalue weighted by Crippen LogP contribution is -2.27. The molecule has 1 N–H and O–H groups in total. The van der Waals surface area contributed by atoms with Gasteiger partial charge in [-0.05, 0) is 54.4 Å². The number of rotatable bonds is 9. The zero-order valence-corrected chi connectivity index (χ0v) is 17.8. The molecule has 1 heterocycles. The van der Waals surface area contributed by atoms with Crippen LogP contribution in [-0.4, -0.2) is 49.0 Å². The fourth-order valence-corrected chi connectivity index (χ4v) is 3.55. The number of aliphatic carboxylic acids is 1. The van der Waals surface area contributed by atoms with Crippen LogP contribution in [0.2, 0.25) is 0 Å². The van der Waals surface area contributed by atoms with E-state index in [1.54, 1.807) is 33.5 Å².